The number of nitrogens with one attached hydrogen (secondary N) is 1. The number of thiophene rings is 1. The first-order valence-corrected chi connectivity index (χ1v) is 14.5. The lowest BCUT2D eigenvalue weighted by Crippen LogP contribution is -2.26. The first-order valence-electron chi connectivity index (χ1n) is 13.7. The molecule has 0 saturated carbocycles. The Bertz CT molecular complexity index is 1530. The number of hydrogen-bond acceptors (Lipinski definition) is 6. The van der Waals surface area contributed by atoms with Crippen molar-refractivity contribution < 1.29 is 14.2 Å². The van der Waals surface area contributed by atoms with Gasteiger partial charge in [-0.15, -0.1) is 11.3 Å². The molecule has 0 spiro atoms. The van der Waals surface area contributed by atoms with E-state index in [4.69, 9.17) is 19.2 Å². The van der Waals surface area contributed by atoms with Crippen LogP contribution in [0.4, 0.5) is 0 Å². The van der Waals surface area contributed by atoms with Crippen LogP contribution in [0.25, 0.3) is 21.6 Å². The van der Waals surface area contributed by atoms with Crippen LogP contribution in [0.2, 0.25) is 0 Å². The van der Waals surface area contributed by atoms with Gasteiger partial charge in [-0.3, -0.25) is 4.79 Å². The van der Waals surface area contributed by atoms with E-state index >= 15 is 0 Å². The van der Waals surface area contributed by atoms with Crippen LogP contribution in [0.5, 0.6) is 17.2 Å². The van der Waals surface area contributed by atoms with E-state index in [2.05, 4.69) is 45.7 Å². The molecule has 5 rings (SSSR count). The molecule has 4 aromatic rings. The Morgan fingerprint density at radius 1 is 1.03 bits per heavy atom. The first kappa shape index (κ1) is 27.3. The van der Waals surface area contributed by atoms with Gasteiger partial charge >= 0.3 is 0 Å². The third-order valence-corrected chi connectivity index (χ3v) is 8.74. The van der Waals surface area contributed by atoms with Crippen molar-refractivity contribution in [3.05, 3.63) is 68.3 Å². The second-order valence-corrected chi connectivity index (χ2v) is 12.7. The zero-order valence-corrected chi connectivity index (χ0v) is 24.6. The SMILES string of the molecule is COc1cc(-c2nc3sc4c(c3c(=O)[nH]2)CCC(C(C)(C)C)C4)ccc1OCCCOc1cc(C)cc(C)c1. The van der Waals surface area contributed by atoms with Crippen LogP contribution in [0.3, 0.4) is 0 Å². The molecule has 2 aromatic heterocycles. The van der Waals surface area contributed by atoms with Crippen molar-refractivity contribution in [2.45, 2.75) is 60.3 Å². The highest BCUT2D eigenvalue weighted by Crippen LogP contribution is 2.42. The average Bonchev–Trinajstić information content (AvgIpc) is 3.26. The van der Waals surface area contributed by atoms with Crippen LogP contribution in [0.1, 0.15) is 55.2 Å². The Labute approximate surface area is 234 Å². The van der Waals surface area contributed by atoms with Gasteiger partial charge in [0.15, 0.2) is 11.5 Å². The van der Waals surface area contributed by atoms with E-state index in [1.165, 1.54) is 21.6 Å². The second-order valence-electron chi connectivity index (χ2n) is 11.6. The van der Waals surface area contributed by atoms with E-state index in [-0.39, 0.29) is 11.0 Å². The lowest BCUT2D eigenvalue weighted by molar-refractivity contribution is 0.218. The number of aromatic nitrogens is 2. The van der Waals surface area contributed by atoms with Gasteiger partial charge in [-0.05, 0) is 91.5 Å². The molecular weight excluding hydrogens is 508 g/mol. The summed E-state index contributed by atoms with van der Waals surface area (Å²) in [7, 11) is 1.62. The van der Waals surface area contributed by atoms with Gasteiger partial charge in [-0.2, -0.15) is 0 Å². The number of aryl methyl sites for hydroxylation is 3. The normalized spacial score (nSPS) is 15.3. The number of H-pyrrole nitrogens is 1. The fraction of sp³-hybridized carbons (Fsp3) is 0.438. The number of methoxy groups -OCH3 is 1. The number of hydrogen-bond donors (Lipinski definition) is 1. The molecule has 0 fully saturated rings. The van der Waals surface area contributed by atoms with E-state index < -0.39 is 0 Å². The molecule has 1 aliphatic rings. The summed E-state index contributed by atoms with van der Waals surface area (Å²) in [5.74, 6) is 3.30. The molecular formula is C32H38N2O4S. The quantitative estimate of drug-likeness (QED) is 0.235. The Kier molecular flexibility index (Phi) is 7.72. The third kappa shape index (κ3) is 5.98. The predicted molar refractivity (Wildman–Crippen MR) is 159 cm³/mol. The third-order valence-electron chi connectivity index (χ3n) is 7.59. The molecule has 7 heteroatoms. The largest absolute Gasteiger partial charge is 0.493 e. The molecule has 2 aromatic carbocycles. The highest BCUT2D eigenvalue weighted by atomic mass is 32.1. The number of rotatable bonds is 8. The maximum Gasteiger partial charge on any atom is 0.260 e. The molecule has 1 aliphatic carbocycles. The summed E-state index contributed by atoms with van der Waals surface area (Å²) in [4.78, 5) is 23.2. The molecule has 2 heterocycles. The van der Waals surface area contributed by atoms with Crippen LogP contribution in [0, 0.1) is 25.2 Å². The minimum atomic E-state index is -0.0650. The molecule has 206 valence electrons. The minimum absolute atomic E-state index is 0.0650. The van der Waals surface area contributed by atoms with Crippen LogP contribution in [0.15, 0.2) is 41.2 Å². The van der Waals surface area contributed by atoms with Crippen molar-refractivity contribution in [1.29, 1.82) is 0 Å². The predicted octanol–water partition coefficient (Wildman–Crippen LogP) is 7.28. The van der Waals surface area contributed by atoms with Crippen molar-refractivity contribution in [1.82, 2.24) is 9.97 Å². The average molecular weight is 547 g/mol. The van der Waals surface area contributed by atoms with Crippen molar-refractivity contribution >= 4 is 21.6 Å². The molecule has 39 heavy (non-hydrogen) atoms. The maximum absolute atomic E-state index is 13.2. The van der Waals surface area contributed by atoms with E-state index in [0.29, 0.717) is 36.5 Å². The molecule has 0 radical (unpaired) electrons. The Hall–Kier alpha value is -3.32. The summed E-state index contributed by atoms with van der Waals surface area (Å²) in [6.07, 6.45) is 3.81. The number of ether oxygens (including phenoxy) is 3. The van der Waals surface area contributed by atoms with Gasteiger partial charge in [0.25, 0.3) is 5.56 Å². The maximum atomic E-state index is 13.2. The van der Waals surface area contributed by atoms with Gasteiger partial charge in [0, 0.05) is 16.9 Å². The van der Waals surface area contributed by atoms with E-state index in [0.717, 1.165) is 47.2 Å². The van der Waals surface area contributed by atoms with Crippen LogP contribution < -0.4 is 19.8 Å². The smallest absolute Gasteiger partial charge is 0.260 e. The van der Waals surface area contributed by atoms with Crippen molar-refractivity contribution in [2.24, 2.45) is 11.3 Å². The monoisotopic (exact) mass is 546 g/mol. The van der Waals surface area contributed by atoms with Crippen molar-refractivity contribution in [2.75, 3.05) is 20.3 Å². The molecule has 0 aliphatic heterocycles. The summed E-state index contributed by atoms with van der Waals surface area (Å²) in [5, 5.41) is 0.765. The summed E-state index contributed by atoms with van der Waals surface area (Å²) in [6, 6.07) is 11.9. The van der Waals surface area contributed by atoms with E-state index in [1.807, 2.05) is 30.3 Å². The first-order chi connectivity index (χ1) is 18.6. The fourth-order valence-electron chi connectivity index (χ4n) is 5.44. The molecule has 0 saturated heterocycles. The summed E-state index contributed by atoms with van der Waals surface area (Å²) < 4.78 is 17.5. The lowest BCUT2D eigenvalue weighted by atomic mass is 9.72. The summed E-state index contributed by atoms with van der Waals surface area (Å²) in [5.41, 5.74) is 4.55. The minimum Gasteiger partial charge on any atom is -0.493 e. The number of fused-ring (bicyclic) bond motifs is 3. The summed E-state index contributed by atoms with van der Waals surface area (Å²) in [6.45, 7) is 12.1. The van der Waals surface area contributed by atoms with E-state index in [1.54, 1.807) is 18.4 Å². The molecule has 0 bridgehead atoms. The molecule has 1 unspecified atom stereocenters. The highest BCUT2D eigenvalue weighted by Gasteiger charge is 2.31. The van der Waals surface area contributed by atoms with Gasteiger partial charge in [0.2, 0.25) is 0 Å². The van der Waals surface area contributed by atoms with E-state index in [9.17, 15) is 4.79 Å². The van der Waals surface area contributed by atoms with Crippen LogP contribution in [-0.2, 0) is 12.8 Å². The lowest BCUT2D eigenvalue weighted by Gasteiger charge is -2.33. The Morgan fingerprint density at radius 2 is 1.77 bits per heavy atom. The molecule has 6 nitrogen and oxygen atoms in total. The van der Waals surface area contributed by atoms with Crippen LogP contribution in [-0.4, -0.2) is 30.3 Å². The molecule has 0 amide bonds. The van der Waals surface area contributed by atoms with Crippen LogP contribution >= 0.6 is 11.3 Å². The Balaban J connectivity index is 1.28. The molecule has 1 N–H and O–H groups in total. The van der Waals surface area contributed by atoms with Crippen molar-refractivity contribution in [3.8, 4) is 28.6 Å². The number of benzene rings is 2. The molecule has 1 atom stereocenters. The standard InChI is InChI=1S/C32H38N2O4S/c1-19-14-20(2)16-23(15-19)37-12-7-13-38-25-11-8-21(17-26(25)36-6)29-33-30(35)28-24-10-9-22(32(3,4)5)18-27(24)39-31(28)34-29/h8,11,14-17,22H,7,9-10,12-13,18H2,1-6H3,(H,33,34,35). The number of aromatic amines is 1. The topological polar surface area (TPSA) is 73.4 Å². The fourth-order valence-corrected chi connectivity index (χ4v) is 6.74. The second kappa shape index (κ2) is 11.0. The zero-order valence-electron chi connectivity index (χ0n) is 23.8. The van der Waals surface area contributed by atoms with Gasteiger partial charge in [0.1, 0.15) is 16.4 Å². The zero-order chi connectivity index (χ0) is 27.7. The van der Waals surface area contributed by atoms with Gasteiger partial charge in [-0.1, -0.05) is 26.8 Å². The number of nitrogens with zero attached hydrogens (tertiary/aromatic N) is 1. The highest BCUT2D eigenvalue weighted by molar-refractivity contribution is 7.18. The van der Waals surface area contributed by atoms with Crippen molar-refractivity contribution in [3.63, 3.8) is 0 Å². The van der Waals surface area contributed by atoms with Gasteiger partial charge < -0.3 is 19.2 Å². The van der Waals surface area contributed by atoms with Gasteiger partial charge in [-0.25, -0.2) is 4.98 Å². The summed E-state index contributed by atoms with van der Waals surface area (Å²) >= 11 is 1.67. The Morgan fingerprint density at radius 3 is 2.49 bits per heavy atom. The van der Waals surface area contributed by atoms with Gasteiger partial charge in [0.05, 0.1) is 25.7 Å².